The topological polar surface area (TPSA) is 71.9 Å². The fourth-order valence-corrected chi connectivity index (χ4v) is 3.06. The molecule has 2 aromatic carbocycles. The van der Waals surface area contributed by atoms with Crippen LogP contribution in [0.2, 0.25) is 5.02 Å². The molecule has 150 valence electrons. The molecule has 0 aromatic heterocycles. The number of hydrogen-bond donors (Lipinski definition) is 3. The van der Waals surface area contributed by atoms with E-state index in [0.29, 0.717) is 11.6 Å². The van der Waals surface area contributed by atoms with E-state index in [0.717, 1.165) is 33.0 Å². The molecule has 0 saturated heterocycles. The summed E-state index contributed by atoms with van der Waals surface area (Å²) < 4.78 is 5.33. The number of anilines is 1. The molecular formula is C21H27ClN3O3+. The summed E-state index contributed by atoms with van der Waals surface area (Å²) in [5.41, 5.74) is 3.80. The molecule has 1 atom stereocenters. The van der Waals surface area contributed by atoms with Gasteiger partial charge in [-0.05, 0) is 49.2 Å². The molecule has 0 spiro atoms. The number of likely N-dealkylation sites (N-methyl/N-ethyl adjacent to an activating group) is 1. The number of aryl methyl sites for hydroxylation is 1. The lowest BCUT2D eigenvalue weighted by Crippen LogP contribution is -3.08. The average Bonchev–Trinajstić information content (AvgIpc) is 2.64. The molecule has 2 amide bonds. The first-order valence-electron chi connectivity index (χ1n) is 9.06. The third-order valence-corrected chi connectivity index (χ3v) is 4.76. The quantitative estimate of drug-likeness (QED) is 0.627. The van der Waals surface area contributed by atoms with E-state index in [2.05, 4.69) is 10.6 Å². The lowest BCUT2D eigenvalue weighted by Gasteiger charge is -2.16. The highest BCUT2D eigenvalue weighted by Gasteiger charge is 2.15. The van der Waals surface area contributed by atoms with E-state index in [1.165, 1.54) is 0 Å². The molecule has 1 unspecified atom stereocenters. The monoisotopic (exact) mass is 404 g/mol. The van der Waals surface area contributed by atoms with E-state index < -0.39 is 0 Å². The number of nitrogens with one attached hydrogen (secondary N) is 3. The van der Waals surface area contributed by atoms with Crippen molar-refractivity contribution >= 4 is 29.1 Å². The van der Waals surface area contributed by atoms with Crippen molar-refractivity contribution in [1.82, 2.24) is 5.32 Å². The maximum Gasteiger partial charge on any atom is 0.275 e. The first kappa shape index (κ1) is 21.7. The molecule has 0 saturated carbocycles. The number of carbonyl (C=O) groups excluding carboxylic acids is 2. The zero-order valence-corrected chi connectivity index (χ0v) is 17.4. The Morgan fingerprint density at radius 1 is 1.14 bits per heavy atom. The van der Waals surface area contributed by atoms with Gasteiger partial charge in [0, 0.05) is 16.3 Å². The summed E-state index contributed by atoms with van der Waals surface area (Å²) in [5, 5.41) is 6.11. The molecular weight excluding hydrogens is 378 g/mol. The maximum atomic E-state index is 12.2. The Morgan fingerprint density at radius 2 is 1.89 bits per heavy atom. The van der Waals surface area contributed by atoms with Crippen molar-refractivity contribution in [1.29, 1.82) is 0 Å². The number of ether oxygens (including phenoxy) is 1. The van der Waals surface area contributed by atoms with Gasteiger partial charge in [0.25, 0.3) is 5.91 Å². The summed E-state index contributed by atoms with van der Waals surface area (Å²) in [7, 11) is 3.50. The Labute approximate surface area is 170 Å². The van der Waals surface area contributed by atoms with Crippen molar-refractivity contribution in [2.45, 2.75) is 20.4 Å². The predicted molar refractivity (Wildman–Crippen MR) is 111 cm³/mol. The summed E-state index contributed by atoms with van der Waals surface area (Å²) in [4.78, 5) is 25.2. The van der Waals surface area contributed by atoms with Gasteiger partial charge in [0.05, 0.1) is 20.7 Å². The first-order chi connectivity index (χ1) is 13.3. The SMILES string of the molecule is COc1ccc(Cl)cc1C[NH+](C)CC(=O)NCC(=O)Nc1cccc(C)c1C. The molecule has 0 fully saturated rings. The lowest BCUT2D eigenvalue weighted by molar-refractivity contribution is -0.885. The Balaban J connectivity index is 1.82. The maximum absolute atomic E-state index is 12.2. The molecule has 3 N–H and O–H groups in total. The van der Waals surface area contributed by atoms with Gasteiger partial charge >= 0.3 is 0 Å². The molecule has 7 heteroatoms. The van der Waals surface area contributed by atoms with Gasteiger partial charge in [-0.2, -0.15) is 0 Å². The van der Waals surface area contributed by atoms with Crippen molar-refractivity contribution < 1.29 is 19.2 Å². The van der Waals surface area contributed by atoms with E-state index in [-0.39, 0.29) is 24.9 Å². The minimum absolute atomic E-state index is 0.0695. The number of quaternary nitrogens is 1. The van der Waals surface area contributed by atoms with Gasteiger partial charge in [-0.3, -0.25) is 9.59 Å². The molecule has 0 aliphatic carbocycles. The van der Waals surface area contributed by atoms with Crippen LogP contribution in [-0.2, 0) is 16.1 Å². The molecule has 6 nitrogen and oxygen atoms in total. The van der Waals surface area contributed by atoms with Gasteiger partial charge in [-0.15, -0.1) is 0 Å². The molecule has 2 rings (SSSR count). The zero-order valence-electron chi connectivity index (χ0n) is 16.7. The van der Waals surface area contributed by atoms with Gasteiger partial charge in [0.1, 0.15) is 12.3 Å². The highest BCUT2D eigenvalue weighted by Crippen LogP contribution is 2.21. The Kier molecular flexibility index (Phi) is 7.84. The molecule has 2 aromatic rings. The molecule has 28 heavy (non-hydrogen) atoms. The van der Waals surface area contributed by atoms with Crippen LogP contribution in [-0.4, -0.2) is 39.1 Å². The van der Waals surface area contributed by atoms with Gasteiger partial charge in [0.15, 0.2) is 6.54 Å². The second-order valence-electron chi connectivity index (χ2n) is 6.84. The number of benzene rings is 2. The third-order valence-electron chi connectivity index (χ3n) is 4.52. The van der Waals surface area contributed by atoms with Gasteiger partial charge < -0.3 is 20.3 Å². The highest BCUT2D eigenvalue weighted by atomic mass is 35.5. The van der Waals surface area contributed by atoms with Crippen LogP contribution in [0.15, 0.2) is 36.4 Å². The van der Waals surface area contributed by atoms with Gasteiger partial charge in [-0.1, -0.05) is 23.7 Å². The van der Waals surface area contributed by atoms with E-state index in [9.17, 15) is 9.59 Å². The lowest BCUT2D eigenvalue weighted by atomic mass is 10.1. The van der Waals surface area contributed by atoms with Crippen LogP contribution in [0.1, 0.15) is 16.7 Å². The normalized spacial score (nSPS) is 11.6. The van der Waals surface area contributed by atoms with Crippen LogP contribution >= 0.6 is 11.6 Å². The Morgan fingerprint density at radius 3 is 2.61 bits per heavy atom. The zero-order chi connectivity index (χ0) is 20.7. The van der Waals surface area contributed by atoms with E-state index in [4.69, 9.17) is 16.3 Å². The van der Waals surface area contributed by atoms with Crippen molar-refractivity contribution in [3.8, 4) is 5.75 Å². The molecule has 0 aliphatic rings. The van der Waals surface area contributed by atoms with Crippen LogP contribution in [0.25, 0.3) is 0 Å². The smallest absolute Gasteiger partial charge is 0.275 e. The fraction of sp³-hybridized carbons (Fsp3) is 0.333. The highest BCUT2D eigenvalue weighted by molar-refractivity contribution is 6.30. The summed E-state index contributed by atoms with van der Waals surface area (Å²) >= 11 is 6.05. The average molecular weight is 405 g/mol. The van der Waals surface area contributed by atoms with Gasteiger partial charge in [0.2, 0.25) is 5.91 Å². The second-order valence-corrected chi connectivity index (χ2v) is 7.28. The molecule has 0 bridgehead atoms. The first-order valence-corrected chi connectivity index (χ1v) is 9.44. The predicted octanol–water partition coefficient (Wildman–Crippen LogP) is 1.74. The third kappa shape index (κ3) is 6.25. The Bertz CT molecular complexity index is 855. The number of amides is 2. The van der Waals surface area contributed by atoms with Crippen LogP contribution in [0.4, 0.5) is 5.69 Å². The molecule has 0 heterocycles. The van der Waals surface area contributed by atoms with Crippen LogP contribution < -0.4 is 20.3 Å². The minimum Gasteiger partial charge on any atom is -0.496 e. The van der Waals surface area contributed by atoms with E-state index >= 15 is 0 Å². The van der Waals surface area contributed by atoms with Crippen LogP contribution in [0, 0.1) is 13.8 Å². The fourth-order valence-electron chi connectivity index (χ4n) is 2.87. The second kappa shape index (κ2) is 10.1. The number of carbonyl (C=O) groups is 2. The largest absolute Gasteiger partial charge is 0.496 e. The van der Waals surface area contributed by atoms with E-state index in [1.54, 1.807) is 13.2 Å². The Hall–Kier alpha value is -2.57. The molecule has 0 aliphatic heterocycles. The van der Waals surface area contributed by atoms with Crippen molar-refractivity contribution in [3.05, 3.63) is 58.1 Å². The summed E-state index contributed by atoms with van der Waals surface area (Å²) in [6.45, 7) is 4.67. The number of halogens is 1. The van der Waals surface area contributed by atoms with Crippen molar-refractivity contribution in [2.75, 3.05) is 32.6 Å². The number of rotatable bonds is 8. The molecule has 0 radical (unpaired) electrons. The summed E-state index contributed by atoms with van der Waals surface area (Å²) in [5.74, 6) is 0.280. The summed E-state index contributed by atoms with van der Waals surface area (Å²) in [6.07, 6.45) is 0. The number of hydrogen-bond acceptors (Lipinski definition) is 3. The van der Waals surface area contributed by atoms with Crippen molar-refractivity contribution in [3.63, 3.8) is 0 Å². The summed E-state index contributed by atoms with van der Waals surface area (Å²) in [6, 6.07) is 11.1. The minimum atomic E-state index is -0.254. The van der Waals surface area contributed by atoms with E-state index in [1.807, 2.05) is 51.2 Å². The van der Waals surface area contributed by atoms with Gasteiger partial charge in [-0.25, -0.2) is 0 Å². The standard InChI is InChI=1S/C21H26ClN3O3/c1-14-6-5-7-18(15(14)2)24-20(26)11-23-21(27)13-25(3)12-16-10-17(22)8-9-19(16)28-4/h5-10H,11-13H2,1-4H3,(H,23,27)(H,24,26)/p+1. The van der Waals surface area contributed by atoms with Crippen molar-refractivity contribution in [2.24, 2.45) is 0 Å². The number of methoxy groups -OCH3 is 1. The van der Waals surface area contributed by atoms with Crippen LogP contribution in [0.3, 0.4) is 0 Å². The van der Waals surface area contributed by atoms with Crippen LogP contribution in [0.5, 0.6) is 5.75 Å².